The van der Waals surface area contributed by atoms with Crippen LogP contribution in [0.5, 0.6) is 0 Å². The molecule has 0 bridgehead atoms. The molecule has 2 rings (SSSR count). The van der Waals surface area contributed by atoms with Gasteiger partial charge in [0.1, 0.15) is 4.90 Å². The molecule has 2 heterocycles. The van der Waals surface area contributed by atoms with Gasteiger partial charge in [-0.15, -0.1) is 0 Å². The fraction of sp³-hybridized carbons (Fsp3) is 0.111. The maximum atomic E-state index is 13.2. The summed E-state index contributed by atoms with van der Waals surface area (Å²) < 4.78 is 40.2. The molecule has 8 heteroatoms. The summed E-state index contributed by atoms with van der Waals surface area (Å²) in [7, 11) is -2.27. The van der Waals surface area contributed by atoms with Crippen LogP contribution in [0, 0.1) is 5.82 Å². The van der Waals surface area contributed by atoms with Crippen molar-refractivity contribution in [3.63, 3.8) is 0 Å². The van der Waals surface area contributed by atoms with Gasteiger partial charge in [0.2, 0.25) is 0 Å². The zero-order valence-corrected chi connectivity index (χ0v) is 9.65. The Labute approximate surface area is 97.2 Å². The van der Waals surface area contributed by atoms with Gasteiger partial charge in [-0.1, -0.05) is 0 Å². The zero-order valence-electron chi connectivity index (χ0n) is 8.83. The highest BCUT2D eigenvalue weighted by Gasteiger charge is 2.18. The summed E-state index contributed by atoms with van der Waals surface area (Å²) in [6, 6.07) is 2.49. The van der Waals surface area contributed by atoms with E-state index >= 15 is 0 Å². The smallest absolute Gasteiger partial charge is 0.266 e. The quantitative estimate of drug-likeness (QED) is 0.879. The molecule has 90 valence electrons. The molecule has 0 saturated heterocycles. The number of hydrogen-bond acceptors (Lipinski definition) is 4. The first-order chi connectivity index (χ1) is 7.99. The molecule has 0 aliphatic heterocycles. The van der Waals surface area contributed by atoms with E-state index in [0.29, 0.717) is 0 Å². The second-order valence-electron chi connectivity index (χ2n) is 3.29. The van der Waals surface area contributed by atoms with Crippen LogP contribution in [0.2, 0.25) is 0 Å². The monoisotopic (exact) mass is 256 g/mol. The molecule has 17 heavy (non-hydrogen) atoms. The van der Waals surface area contributed by atoms with Crippen LogP contribution in [-0.2, 0) is 17.1 Å². The van der Waals surface area contributed by atoms with Crippen LogP contribution in [-0.4, -0.2) is 23.2 Å². The molecule has 2 aromatic rings. The third-order valence-electron chi connectivity index (χ3n) is 1.98. The molecule has 0 atom stereocenters. The van der Waals surface area contributed by atoms with E-state index in [2.05, 4.69) is 10.1 Å². The fourth-order valence-electron chi connectivity index (χ4n) is 1.18. The van der Waals surface area contributed by atoms with E-state index in [1.54, 1.807) is 7.05 Å². The van der Waals surface area contributed by atoms with Crippen LogP contribution in [0.15, 0.2) is 35.6 Å². The summed E-state index contributed by atoms with van der Waals surface area (Å²) >= 11 is 0. The normalized spacial score (nSPS) is 11.4. The third-order valence-corrected chi connectivity index (χ3v) is 3.27. The minimum Gasteiger partial charge on any atom is -0.274 e. The Balaban J connectivity index is 2.33. The summed E-state index contributed by atoms with van der Waals surface area (Å²) in [6.45, 7) is 0. The van der Waals surface area contributed by atoms with Gasteiger partial charge in [0.15, 0.2) is 11.6 Å². The number of anilines is 1. The molecule has 0 unspecified atom stereocenters. The number of sulfonamides is 1. The van der Waals surface area contributed by atoms with Gasteiger partial charge in [0.05, 0.1) is 6.20 Å². The first-order valence-corrected chi connectivity index (χ1v) is 6.09. The first-order valence-electron chi connectivity index (χ1n) is 4.61. The standard InChI is InChI=1S/C9H9FN4O2S/c1-14-6-7(5-12-14)17(15,16)13-9-8(10)3-2-4-11-9/h2-6H,1H3,(H,11,13). The van der Waals surface area contributed by atoms with Crippen molar-refractivity contribution in [3.05, 3.63) is 36.5 Å². The van der Waals surface area contributed by atoms with E-state index < -0.39 is 15.8 Å². The minimum atomic E-state index is -3.85. The van der Waals surface area contributed by atoms with Crippen molar-refractivity contribution in [3.8, 4) is 0 Å². The average molecular weight is 256 g/mol. The number of nitrogens with zero attached hydrogens (tertiary/aromatic N) is 3. The van der Waals surface area contributed by atoms with Gasteiger partial charge in [-0.2, -0.15) is 5.10 Å². The second-order valence-corrected chi connectivity index (χ2v) is 4.97. The lowest BCUT2D eigenvalue weighted by Crippen LogP contribution is -2.14. The van der Waals surface area contributed by atoms with Crippen molar-refractivity contribution in [1.82, 2.24) is 14.8 Å². The van der Waals surface area contributed by atoms with Crippen molar-refractivity contribution in [2.75, 3.05) is 4.72 Å². The maximum Gasteiger partial charge on any atom is 0.266 e. The number of hydrogen-bond donors (Lipinski definition) is 1. The van der Waals surface area contributed by atoms with Gasteiger partial charge >= 0.3 is 0 Å². The van der Waals surface area contributed by atoms with Gasteiger partial charge in [0.25, 0.3) is 10.0 Å². The summed E-state index contributed by atoms with van der Waals surface area (Å²) in [4.78, 5) is 3.55. The molecule has 0 saturated carbocycles. The van der Waals surface area contributed by atoms with Crippen LogP contribution < -0.4 is 4.72 Å². The van der Waals surface area contributed by atoms with E-state index in [1.165, 1.54) is 29.3 Å². The number of nitrogens with one attached hydrogen (secondary N) is 1. The lowest BCUT2D eigenvalue weighted by Gasteiger charge is -2.05. The Morgan fingerprint density at radius 2 is 2.24 bits per heavy atom. The maximum absolute atomic E-state index is 13.2. The van der Waals surface area contributed by atoms with Crippen molar-refractivity contribution >= 4 is 15.8 Å². The average Bonchev–Trinajstić information content (AvgIpc) is 2.69. The molecular weight excluding hydrogens is 247 g/mol. The van der Waals surface area contributed by atoms with E-state index in [-0.39, 0.29) is 10.7 Å². The van der Waals surface area contributed by atoms with E-state index in [0.717, 1.165) is 6.07 Å². The summed E-state index contributed by atoms with van der Waals surface area (Å²) in [5.74, 6) is -1.07. The van der Waals surface area contributed by atoms with Gasteiger partial charge in [-0.25, -0.2) is 17.8 Å². The predicted octanol–water partition coefficient (Wildman–Crippen LogP) is 0.755. The molecule has 0 amide bonds. The zero-order chi connectivity index (χ0) is 12.5. The summed E-state index contributed by atoms with van der Waals surface area (Å²) in [6.07, 6.45) is 3.77. The molecule has 0 aromatic carbocycles. The molecule has 1 N–H and O–H groups in total. The predicted molar refractivity (Wildman–Crippen MR) is 58.2 cm³/mol. The molecule has 0 radical (unpaired) electrons. The lowest BCUT2D eigenvalue weighted by atomic mass is 10.4. The Hall–Kier alpha value is -1.96. The van der Waals surface area contributed by atoms with E-state index in [4.69, 9.17) is 0 Å². The number of pyridine rings is 1. The van der Waals surface area contributed by atoms with Crippen molar-refractivity contribution in [2.24, 2.45) is 7.05 Å². The van der Waals surface area contributed by atoms with Crippen LogP contribution in [0.3, 0.4) is 0 Å². The molecule has 0 aliphatic rings. The molecule has 0 spiro atoms. The molecule has 0 aliphatic carbocycles. The van der Waals surface area contributed by atoms with E-state index in [1.807, 2.05) is 4.72 Å². The lowest BCUT2D eigenvalue weighted by molar-refractivity contribution is 0.597. The van der Waals surface area contributed by atoms with Crippen molar-refractivity contribution in [2.45, 2.75) is 4.90 Å². The minimum absolute atomic E-state index is 0.0509. The Morgan fingerprint density at radius 1 is 1.47 bits per heavy atom. The first kappa shape index (κ1) is 11.5. The highest BCUT2D eigenvalue weighted by molar-refractivity contribution is 7.92. The number of aryl methyl sites for hydroxylation is 1. The molecule has 6 nitrogen and oxygen atoms in total. The Kier molecular flexibility index (Phi) is 2.80. The van der Waals surface area contributed by atoms with Gasteiger partial charge < -0.3 is 0 Å². The van der Waals surface area contributed by atoms with Crippen LogP contribution in [0.25, 0.3) is 0 Å². The van der Waals surface area contributed by atoms with Gasteiger partial charge in [-0.05, 0) is 12.1 Å². The molecular formula is C9H9FN4O2S. The third kappa shape index (κ3) is 2.41. The Morgan fingerprint density at radius 3 is 2.82 bits per heavy atom. The largest absolute Gasteiger partial charge is 0.274 e. The van der Waals surface area contributed by atoms with Gasteiger partial charge in [0, 0.05) is 19.4 Å². The van der Waals surface area contributed by atoms with E-state index in [9.17, 15) is 12.8 Å². The van der Waals surface area contributed by atoms with Gasteiger partial charge in [-0.3, -0.25) is 9.40 Å². The number of rotatable bonds is 3. The summed E-state index contributed by atoms with van der Waals surface area (Å²) in [5, 5.41) is 3.73. The number of halogens is 1. The topological polar surface area (TPSA) is 76.9 Å². The van der Waals surface area contributed by atoms with Crippen LogP contribution >= 0.6 is 0 Å². The van der Waals surface area contributed by atoms with Crippen molar-refractivity contribution < 1.29 is 12.8 Å². The highest BCUT2D eigenvalue weighted by atomic mass is 32.2. The van der Waals surface area contributed by atoms with Crippen LogP contribution in [0.1, 0.15) is 0 Å². The van der Waals surface area contributed by atoms with Crippen LogP contribution in [0.4, 0.5) is 10.2 Å². The van der Waals surface area contributed by atoms with Crippen molar-refractivity contribution in [1.29, 1.82) is 0 Å². The highest BCUT2D eigenvalue weighted by Crippen LogP contribution is 2.15. The second kappa shape index (κ2) is 4.13. The SMILES string of the molecule is Cn1cc(S(=O)(=O)Nc2ncccc2F)cn1. The Bertz CT molecular complexity index is 638. The molecule has 2 aromatic heterocycles. The molecule has 0 fully saturated rings. The fourth-order valence-corrected chi connectivity index (χ4v) is 2.18. The number of aromatic nitrogens is 3. The summed E-state index contributed by atoms with van der Waals surface area (Å²) in [5.41, 5.74) is 0.